The van der Waals surface area contributed by atoms with Crippen molar-refractivity contribution in [3.63, 3.8) is 0 Å². The summed E-state index contributed by atoms with van der Waals surface area (Å²) in [6.45, 7) is 5.28. The van der Waals surface area contributed by atoms with E-state index in [2.05, 4.69) is 52.5 Å². The summed E-state index contributed by atoms with van der Waals surface area (Å²) in [7, 11) is 0. The number of nitrogens with zero attached hydrogens (tertiary/aromatic N) is 2. The van der Waals surface area contributed by atoms with Crippen LogP contribution in [0.15, 0.2) is 42.6 Å². The molecule has 1 N–H and O–H groups in total. The minimum Gasteiger partial charge on any atom is -0.380 e. The molecule has 1 aliphatic heterocycles. The van der Waals surface area contributed by atoms with Crippen molar-refractivity contribution in [1.82, 2.24) is 9.88 Å². The fraction of sp³-hybridized carbons (Fsp3) is 0.353. The molecule has 3 nitrogen and oxygen atoms in total. The number of nitrogens with one attached hydrogen (secondary N) is 1. The Balaban J connectivity index is 1.57. The lowest BCUT2D eigenvalue weighted by Crippen LogP contribution is -2.26. The van der Waals surface area contributed by atoms with Crippen LogP contribution in [0.4, 0.5) is 5.69 Å². The van der Waals surface area contributed by atoms with Gasteiger partial charge in [-0.1, -0.05) is 41.9 Å². The van der Waals surface area contributed by atoms with Gasteiger partial charge in [0.2, 0.25) is 0 Å². The van der Waals surface area contributed by atoms with Gasteiger partial charge in [-0.05, 0) is 30.5 Å². The summed E-state index contributed by atoms with van der Waals surface area (Å²) in [6, 6.07) is 13.0. The zero-order valence-electron chi connectivity index (χ0n) is 12.2. The molecule has 0 aliphatic carbocycles. The molecular formula is C17H20ClN3. The van der Waals surface area contributed by atoms with E-state index >= 15 is 0 Å². The second-order valence-electron chi connectivity index (χ2n) is 5.67. The van der Waals surface area contributed by atoms with Crippen molar-refractivity contribution in [3.8, 4) is 0 Å². The molecule has 1 aromatic heterocycles. The van der Waals surface area contributed by atoms with E-state index in [-0.39, 0.29) is 0 Å². The first kappa shape index (κ1) is 14.4. The van der Waals surface area contributed by atoms with Crippen LogP contribution in [0.2, 0.25) is 5.15 Å². The molecule has 0 radical (unpaired) electrons. The highest BCUT2D eigenvalue weighted by Gasteiger charge is 2.22. The molecule has 1 fully saturated rings. The van der Waals surface area contributed by atoms with E-state index in [0.29, 0.717) is 11.2 Å². The van der Waals surface area contributed by atoms with E-state index in [0.717, 1.165) is 37.3 Å². The molecule has 1 unspecified atom stereocenters. The largest absolute Gasteiger partial charge is 0.380 e. The third-order valence-corrected chi connectivity index (χ3v) is 4.17. The molecule has 1 saturated heterocycles. The summed E-state index contributed by atoms with van der Waals surface area (Å²) < 4.78 is 0. The summed E-state index contributed by atoms with van der Waals surface area (Å²) in [4.78, 5) is 6.65. The van der Waals surface area contributed by atoms with Crippen LogP contribution in [0.5, 0.6) is 0 Å². The molecule has 110 valence electrons. The molecular weight excluding hydrogens is 282 g/mol. The van der Waals surface area contributed by atoms with Gasteiger partial charge in [-0.15, -0.1) is 0 Å². The zero-order valence-corrected chi connectivity index (χ0v) is 13.0. The molecule has 0 spiro atoms. The lowest BCUT2D eigenvalue weighted by Gasteiger charge is -2.18. The predicted molar refractivity (Wildman–Crippen MR) is 87.7 cm³/mol. The standard InChI is InChI=1S/C17H20ClN3/c1-13-9-17(18)19-10-16(13)20-15-7-8-21(12-15)11-14-5-3-2-4-6-14/h2-6,9-10,15,20H,7-8,11-12H2,1H3. The number of benzene rings is 1. The van der Waals surface area contributed by atoms with Gasteiger partial charge in [-0.25, -0.2) is 4.98 Å². The third kappa shape index (κ3) is 3.74. The fourth-order valence-corrected chi connectivity index (χ4v) is 3.04. The summed E-state index contributed by atoms with van der Waals surface area (Å²) in [5.74, 6) is 0. The van der Waals surface area contributed by atoms with E-state index in [4.69, 9.17) is 11.6 Å². The van der Waals surface area contributed by atoms with Crippen molar-refractivity contribution in [1.29, 1.82) is 0 Å². The maximum atomic E-state index is 5.90. The second-order valence-corrected chi connectivity index (χ2v) is 6.06. The smallest absolute Gasteiger partial charge is 0.129 e. The Kier molecular flexibility index (Phi) is 4.42. The van der Waals surface area contributed by atoms with Gasteiger partial charge in [0.15, 0.2) is 0 Å². The fourth-order valence-electron chi connectivity index (χ4n) is 2.83. The Hall–Kier alpha value is -1.58. The maximum Gasteiger partial charge on any atom is 0.129 e. The van der Waals surface area contributed by atoms with Gasteiger partial charge in [0.1, 0.15) is 5.15 Å². The monoisotopic (exact) mass is 301 g/mol. The molecule has 4 heteroatoms. The van der Waals surface area contributed by atoms with Crippen LogP contribution in [-0.2, 0) is 6.54 Å². The van der Waals surface area contributed by atoms with Crippen molar-refractivity contribution < 1.29 is 0 Å². The van der Waals surface area contributed by atoms with E-state index in [9.17, 15) is 0 Å². The van der Waals surface area contributed by atoms with Crippen LogP contribution < -0.4 is 5.32 Å². The van der Waals surface area contributed by atoms with Crippen LogP contribution in [0.25, 0.3) is 0 Å². The second kappa shape index (κ2) is 6.46. The minimum absolute atomic E-state index is 0.482. The van der Waals surface area contributed by atoms with Crippen LogP contribution in [-0.4, -0.2) is 29.0 Å². The number of likely N-dealkylation sites (tertiary alicyclic amines) is 1. The van der Waals surface area contributed by atoms with Crippen LogP contribution in [0.1, 0.15) is 17.5 Å². The molecule has 0 saturated carbocycles. The van der Waals surface area contributed by atoms with Gasteiger partial charge in [0, 0.05) is 25.7 Å². The van der Waals surface area contributed by atoms with Gasteiger partial charge in [-0.2, -0.15) is 0 Å². The van der Waals surface area contributed by atoms with E-state index < -0.39 is 0 Å². The SMILES string of the molecule is Cc1cc(Cl)ncc1NC1CCN(Cc2ccccc2)C1. The van der Waals surface area contributed by atoms with Gasteiger partial charge in [0.05, 0.1) is 11.9 Å². The van der Waals surface area contributed by atoms with Gasteiger partial charge < -0.3 is 5.32 Å². The number of hydrogen-bond donors (Lipinski definition) is 1. The number of hydrogen-bond acceptors (Lipinski definition) is 3. The first-order chi connectivity index (χ1) is 10.2. The maximum absolute atomic E-state index is 5.90. The summed E-state index contributed by atoms with van der Waals surface area (Å²) in [6.07, 6.45) is 2.99. The molecule has 3 rings (SSSR count). The van der Waals surface area contributed by atoms with Crippen LogP contribution in [0, 0.1) is 6.92 Å². The lowest BCUT2D eigenvalue weighted by atomic mass is 10.2. The van der Waals surface area contributed by atoms with Crippen LogP contribution >= 0.6 is 11.6 Å². The average Bonchev–Trinajstić information content (AvgIpc) is 2.90. The highest BCUT2D eigenvalue weighted by Crippen LogP contribution is 2.21. The average molecular weight is 302 g/mol. The number of anilines is 1. The van der Waals surface area contributed by atoms with Crippen molar-refractivity contribution in [2.24, 2.45) is 0 Å². The number of aromatic nitrogens is 1. The Labute approximate surface area is 131 Å². The first-order valence-corrected chi connectivity index (χ1v) is 7.73. The minimum atomic E-state index is 0.482. The Morgan fingerprint density at radius 3 is 2.90 bits per heavy atom. The van der Waals surface area contributed by atoms with Gasteiger partial charge in [-0.3, -0.25) is 4.90 Å². The lowest BCUT2D eigenvalue weighted by molar-refractivity contribution is 0.328. The van der Waals surface area contributed by atoms with E-state index in [1.54, 1.807) is 0 Å². The molecule has 2 aromatic rings. The first-order valence-electron chi connectivity index (χ1n) is 7.35. The third-order valence-electron chi connectivity index (χ3n) is 3.96. The molecule has 1 aromatic carbocycles. The van der Waals surface area contributed by atoms with Crippen molar-refractivity contribution in [2.75, 3.05) is 18.4 Å². The quantitative estimate of drug-likeness (QED) is 0.872. The summed E-state index contributed by atoms with van der Waals surface area (Å²) in [5.41, 5.74) is 3.62. The highest BCUT2D eigenvalue weighted by atomic mass is 35.5. The molecule has 0 bridgehead atoms. The van der Waals surface area contributed by atoms with Crippen LogP contribution in [0.3, 0.4) is 0 Å². The summed E-state index contributed by atoms with van der Waals surface area (Å²) in [5, 5.41) is 4.14. The van der Waals surface area contributed by atoms with Crippen molar-refractivity contribution in [3.05, 3.63) is 58.9 Å². The Morgan fingerprint density at radius 2 is 2.14 bits per heavy atom. The number of halogens is 1. The molecule has 2 heterocycles. The molecule has 1 aliphatic rings. The van der Waals surface area contributed by atoms with Crippen molar-refractivity contribution >= 4 is 17.3 Å². The Morgan fingerprint density at radius 1 is 1.33 bits per heavy atom. The van der Waals surface area contributed by atoms with E-state index in [1.165, 1.54) is 5.56 Å². The zero-order chi connectivity index (χ0) is 14.7. The highest BCUT2D eigenvalue weighted by molar-refractivity contribution is 6.29. The predicted octanol–water partition coefficient (Wildman–Crippen LogP) is 3.73. The van der Waals surface area contributed by atoms with Crippen molar-refractivity contribution in [2.45, 2.75) is 25.9 Å². The van der Waals surface area contributed by atoms with Gasteiger partial charge in [0.25, 0.3) is 0 Å². The topological polar surface area (TPSA) is 28.2 Å². The number of pyridine rings is 1. The molecule has 21 heavy (non-hydrogen) atoms. The van der Waals surface area contributed by atoms with Gasteiger partial charge >= 0.3 is 0 Å². The Bertz CT molecular complexity index is 600. The molecule has 1 atom stereocenters. The number of rotatable bonds is 4. The molecule has 0 amide bonds. The van der Waals surface area contributed by atoms with E-state index in [1.807, 2.05) is 12.3 Å². The summed E-state index contributed by atoms with van der Waals surface area (Å²) >= 11 is 5.90. The normalized spacial score (nSPS) is 18.9. The number of aryl methyl sites for hydroxylation is 1.